The van der Waals surface area contributed by atoms with Crippen LogP contribution in [0.1, 0.15) is 61.5 Å². The lowest BCUT2D eigenvalue weighted by molar-refractivity contribution is -0.127. The zero-order valence-corrected chi connectivity index (χ0v) is 17.8. The predicted molar refractivity (Wildman–Crippen MR) is 114 cm³/mol. The van der Waals surface area contributed by atoms with Crippen LogP contribution in [0.25, 0.3) is 0 Å². The molecule has 1 unspecified atom stereocenters. The maximum atomic E-state index is 12.9. The second kappa shape index (κ2) is 9.97. The summed E-state index contributed by atoms with van der Waals surface area (Å²) in [4.78, 5) is 27.2. The summed E-state index contributed by atoms with van der Waals surface area (Å²) in [5, 5.41) is 3.94. The van der Waals surface area contributed by atoms with Gasteiger partial charge in [-0.1, -0.05) is 37.6 Å². The molecular weight excluding hydrogens is 388 g/mol. The normalized spacial score (nSPS) is 16.1. The average molecular weight is 417 g/mol. The van der Waals surface area contributed by atoms with E-state index in [4.69, 9.17) is 16.0 Å². The van der Waals surface area contributed by atoms with Gasteiger partial charge >= 0.3 is 0 Å². The lowest BCUT2D eigenvalue weighted by Gasteiger charge is -2.32. The molecule has 29 heavy (non-hydrogen) atoms. The van der Waals surface area contributed by atoms with Crippen LogP contribution in [0, 0.1) is 11.8 Å². The predicted octanol–water partition coefficient (Wildman–Crippen LogP) is 5.08. The lowest BCUT2D eigenvalue weighted by atomic mass is 9.93. The number of hydrogen-bond acceptors (Lipinski definition) is 3. The molecule has 0 aliphatic carbocycles. The van der Waals surface area contributed by atoms with Gasteiger partial charge in [0.15, 0.2) is 0 Å². The van der Waals surface area contributed by atoms with E-state index < -0.39 is 0 Å². The molecule has 1 aromatic carbocycles. The number of benzene rings is 1. The van der Waals surface area contributed by atoms with E-state index in [-0.39, 0.29) is 23.8 Å². The third-order valence-electron chi connectivity index (χ3n) is 5.54. The summed E-state index contributed by atoms with van der Waals surface area (Å²) in [6.07, 6.45) is 6.24. The molecule has 2 aromatic rings. The smallest absolute Gasteiger partial charge is 0.257 e. The fourth-order valence-corrected chi connectivity index (χ4v) is 3.85. The Hall–Kier alpha value is -2.27. The van der Waals surface area contributed by atoms with Crippen molar-refractivity contribution in [1.82, 2.24) is 10.2 Å². The molecule has 6 heteroatoms. The Morgan fingerprint density at radius 3 is 2.41 bits per heavy atom. The quantitative estimate of drug-likeness (QED) is 0.684. The molecule has 156 valence electrons. The van der Waals surface area contributed by atoms with Crippen molar-refractivity contribution in [1.29, 1.82) is 0 Å². The molecular formula is C23H29ClN2O3. The van der Waals surface area contributed by atoms with Crippen LogP contribution in [-0.2, 0) is 4.79 Å². The van der Waals surface area contributed by atoms with Gasteiger partial charge in [0.05, 0.1) is 17.9 Å². The Labute approximate surface area is 177 Å². The Morgan fingerprint density at radius 2 is 1.83 bits per heavy atom. The lowest BCUT2D eigenvalue weighted by Crippen LogP contribution is -2.43. The molecule has 2 heterocycles. The first kappa shape index (κ1) is 21.4. The molecule has 3 rings (SSSR count). The van der Waals surface area contributed by atoms with Crippen LogP contribution in [0.4, 0.5) is 0 Å². The molecule has 1 aromatic heterocycles. The van der Waals surface area contributed by atoms with Gasteiger partial charge in [0.25, 0.3) is 5.91 Å². The van der Waals surface area contributed by atoms with Crippen LogP contribution in [-0.4, -0.2) is 29.8 Å². The van der Waals surface area contributed by atoms with E-state index in [9.17, 15) is 9.59 Å². The molecule has 1 N–H and O–H groups in total. The van der Waals surface area contributed by atoms with E-state index in [1.807, 2.05) is 24.3 Å². The number of nitrogens with one attached hydrogen (secondary N) is 1. The van der Waals surface area contributed by atoms with Gasteiger partial charge in [-0.05, 0) is 55.4 Å². The van der Waals surface area contributed by atoms with E-state index in [2.05, 4.69) is 19.2 Å². The van der Waals surface area contributed by atoms with Crippen LogP contribution in [0.2, 0.25) is 5.02 Å². The third kappa shape index (κ3) is 5.86. The largest absolute Gasteiger partial charge is 0.472 e. The number of amides is 2. The minimum Gasteiger partial charge on any atom is -0.472 e. The van der Waals surface area contributed by atoms with Crippen LogP contribution < -0.4 is 5.32 Å². The van der Waals surface area contributed by atoms with Gasteiger partial charge in [0.1, 0.15) is 6.26 Å². The molecule has 1 atom stereocenters. The Kier molecular flexibility index (Phi) is 7.37. The molecule has 1 aliphatic heterocycles. The Balaban J connectivity index is 1.58. The van der Waals surface area contributed by atoms with Crippen LogP contribution >= 0.6 is 11.6 Å². The summed E-state index contributed by atoms with van der Waals surface area (Å²) >= 11 is 6.02. The molecule has 2 amide bonds. The number of nitrogens with zero attached hydrogens (tertiary/aromatic N) is 1. The number of carbonyl (C=O) groups is 2. The molecule has 1 aliphatic rings. The molecule has 1 saturated heterocycles. The van der Waals surface area contributed by atoms with Crippen LogP contribution in [0.5, 0.6) is 0 Å². The molecule has 0 saturated carbocycles. The summed E-state index contributed by atoms with van der Waals surface area (Å²) in [7, 11) is 0. The first-order valence-corrected chi connectivity index (χ1v) is 10.7. The summed E-state index contributed by atoms with van der Waals surface area (Å²) in [5.41, 5.74) is 1.64. The number of piperidine rings is 1. The van der Waals surface area contributed by atoms with E-state index in [1.54, 1.807) is 11.0 Å². The SMILES string of the molecule is CC(C)CCC(NC(=O)C1CCN(C(=O)c2ccoc2)CC1)c1ccc(Cl)cc1. The summed E-state index contributed by atoms with van der Waals surface area (Å²) in [6.45, 7) is 5.54. The molecule has 1 fully saturated rings. The van der Waals surface area contributed by atoms with Crippen molar-refractivity contribution >= 4 is 23.4 Å². The Morgan fingerprint density at radius 1 is 1.14 bits per heavy atom. The fraction of sp³-hybridized carbons (Fsp3) is 0.478. The summed E-state index contributed by atoms with van der Waals surface area (Å²) in [6, 6.07) is 9.36. The zero-order valence-electron chi connectivity index (χ0n) is 17.1. The monoisotopic (exact) mass is 416 g/mol. The van der Waals surface area contributed by atoms with Crippen molar-refractivity contribution in [3.8, 4) is 0 Å². The van der Waals surface area contributed by atoms with Gasteiger partial charge in [0.2, 0.25) is 5.91 Å². The van der Waals surface area contributed by atoms with E-state index >= 15 is 0 Å². The molecule has 0 radical (unpaired) electrons. The number of rotatable bonds is 7. The number of likely N-dealkylation sites (tertiary alicyclic amines) is 1. The van der Waals surface area contributed by atoms with Gasteiger partial charge in [-0.2, -0.15) is 0 Å². The van der Waals surface area contributed by atoms with Crippen LogP contribution in [0.3, 0.4) is 0 Å². The molecule has 0 spiro atoms. The minimum absolute atomic E-state index is 0.0206. The highest BCUT2D eigenvalue weighted by Gasteiger charge is 2.29. The highest BCUT2D eigenvalue weighted by molar-refractivity contribution is 6.30. The summed E-state index contributed by atoms with van der Waals surface area (Å²) in [5.74, 6) is 0.536. The maximum absolute atomic E-state index is 12.9. The van der Waals surface area contributed by atoms with Crippen molar-refractivity contribution in [2.75, 3.05) is 13.1 Å². The Bertz CT molecular complexity index is 794. The van der Waals surface area contributed by atoms with Gasteiger partial charge in [-0.15, -0.1) is 0 Å². The number of furan rings is 1. The second-order valence-corrected chi connectivity index (χ2v) is 8.60. The van der Waals surface area contributed by atoms with Crippen molar-refractivity contribution in [3.63, 3.8) is 0 Å². The standard InChI is InChI=1S/C23H29ClN2O3/c1-16(2)3-8-21(17-4-6-20(24)7-5-17)25-22(27)18-9-12-26(13-10-18)23(28)19-11-14-29-15-19/h4-7,11,14-16,18,21H,3,8-10,12-13H2,1-2H3,(H,25,27). The maximum Gasteiger partial charge on any atom is 0.257 e. The van der Waals surface area contributed by atoms with Crippen LogP contribution in [0.15, 0.2) is 47.3 Å². The van der Waals surface area contributed by atoms with Gasteiger partial charge in [-0.3, -0.25) is 9.59 Å². The molecule has 5 nitrogen and oxygen atoms in total. The van der Waals surface area contributed by atoms with Crippen molar-refractivity contribution < 1.29 is 14.0 Å². The molecule has 0 bridgehead atoms. The first-order valence-electron chi connectivity index (χ1n) is 10.3. The van der Waals surface area contributed by atoms with Gasteiger partial charge in [0, 0.05) is 24.0 Å². The average Bonchev–Trinajstić information content (AvgIpc) is 3.26. The first-order chi connectivity index (χ1) is 13.9. The van der Waals surface area contributed by atoms with E-state index in [1.165, 1.54) is 12.5 Å². The van der Waals surface area contributed by atoms with E-state index in [0.29, 0.717) is 42.4 Å². The van der Waals surface area contributed by atoms with E-state index in [0.717, 1.165) is 18.4 Å². The van der Waals surface area contributed by atoms with Gasteiger partial charge < -0.3 is 14.6 Å². The number of halogens is 1. The van der Waals surface area contributed by atoms with Gasteiger partial charge in [-0.25, -0.2) is 0 Å². The van der Waals surface area contributed by atoms with Crippen molar-refractivity contribution in [3.05, 3.63) is 59.0 Å². The fourth-order valence-electron chi connectivity index (χ4n) is 3.72. The number of hydrogen-bond donors (Lipinski definition) is 1. The van der Waals surface area contributed by atoms with Crippen molar-refractivity contribution in [2.24, 2.45) is 11.8 Å². The summed E-state index contributed by atoms with van der Waals surface area (Å²) < 4.78 is 5.00. The second-order valence-electron chi connectivity index (χ2n) is 8.16. The minimum atomic E-state index is -0.0720. The van der Waals surface area contributed by atoms with Crippen molar-refractivity contribution in [2.45, 2.75) is 45.6 Å². The number of carbonyl (C=O) groups excluding carboxylic acids is 2. The topological polar surface area (TPSA) is 62.6 Å². The third-order valence-corrected chi connectivity index (χ3v) is 5.79. The highest BCUT2D eigenvalue weighted by atomic mass is 35.5. The highest BCUT2D eigenvalue weighted by Crippen LogP contribution is 2.25. The zero-order chi connectivity index (χ0) is 20.8.